The highest BCUT2D eigenvalue weighted by Gasteiger charge is 2.14. The fraction of sp³-hybridized carbons (Fsp3) is 0.162. The average molecular weight is 525 g/mol. The summed E-state index contributed by atoms with van der Waals surface area (Å²) in [6.07, 6.45) is 0. The first-order chi connectivity index (χ1) is 19.5. The van der Waals surface area contributed by atoms with Gasteiger partial charge in [0.25, 0.3) is 0 Å². The zero-order chi connectivity index (χ0) is 28.1. The monoisotopic (exact) mass is 524 g/mol. The largest absolute Gasteiger partial charge is 0.478 e. The zero-order valence-electron chi connectivity index (χ0n) is 24.0. The summed E-state index contributed by atoms with van der Waals surface area (Å²) in [5.74, 6) is 0.679. The number of benzene rings is 5. The summed E-state index contributed by atoms with van der Waals surface area (Å²) in [5.41, 5.74) is 11.1. The second-order valence-corrected chi connectivity index (χ2v) is 10.0. The molecule has 0 spiro atoms. The standard InChI is InChI=1S/C23H22N2O.C14H14/c1-4-26-23(24-3)17-13-16(2)14-18(15-17)25-21-11-7-5-9-19(21)20-10-6-8-12-22(20)25;1-11-7-3-5-9-13(11)14-10-6-4-8-12(14)2/h5-15H,4H2,1-3H3;3-10H,1-2H3. The van der Waals surface area contributed by atoms with E-state index in [4.69, 9.17) is 4.74 Å². The first-order valence-electron chi connectivity index (χ1n) is 13.8. The summed E-state index contributed by atoms with van der Waals surface area (Å²) in [6.45, 7) is 9.00. The summed E-state index contributed by atoms with van der Waals surface area (Å²) < 4.78 is 8.04. The number of aryl methyl sites for hydroxylation is 3. The molecule has 0 saturated heterocycles. The Kier molecular flexibility index (Phi) is 8.12. The maximum absolute atomic E-state index is 5.72. The van der Waals surface area contributed by atoms with Crippen LogP contribution < -0.4 is 0 Å². The lowest BCUT2D eigenvalue weighted by atomic mass is 9.97. The first-order valence-corrected chi connectivity index (χ1v) is 13.8. The Hall–Kier alpha value is -4.63. The number of rotatable bonds is 4. The van der Waals surface area contributed by atoms with Gasteiger partial charge in [0, 0.05) is 29.1 Å². The normalized spacial score (nSPS) is 11.4. The molecule has 0 radical (unpaired) electrons. The van der Waals surface area contributed by atoms with Crippen LogP contribution in [0.2, 0.25) is 0 Å². The molecule has 0 saturated carbocycles. The Balaban J connectivity index is 0.000000194. The lowest BCUT2D eigenvalue weighted by Crippen LogP contribution is -2.08. The lowest BCUT2D eigenvalue weighted by molar-refractivity contribution is 0.328. The van der Waals surface area contributed by atoms with Gasteiger partial charge in [-0.25, -0.2) is 0 Å². The Bertz CT molecular complexity index is 1710. The van der Waals surface area contributed by atoms with Crippen molar-refractivity contribution in [2.75, 3.05) is 13.7 Å². The molecule has 6 rings (SSSR count). The molecule has 200 valence electrons. The number of hydrogen-bond acceptors (Lipinski definition) is 2. The van der Waals surface area contributed by atoms with Gasteiger partial charge in [-0.15, -0.1) is 0 Å². The molecule has 40 heavy (non-hydrogen) atoms. The van der Waals surface area contributed by atoms with Gasteiger partial charge in [-0.1, -0.05) is 84.9 Å². The molecule has 0 amide bonds. The highest BCUT2D eigenvalue weighted by Crippen LogP contribution is 2.32. The summed E-state index contributed by atoms with van der Waals surface area (Å²) in [6, 6.07) is 40.6. The maximum atomic E-state index is 5.72. The van der Waals surface area contributed by atoms with E-state index >= 15 is 0 Å². The molecule has 0 aliphatic heterocycles. The molecular formula is C37H36N2O. The fourth-order valence-corrected chi connectivity index (χ4v) is 5.38. The lowest BCUT2D eigenvalue weighted by Gasteiger charge is -2.13. The second kappa shape index (κ2) is 12.0. The Morgan fingerprint density at radius 2 is 1.15 bits per heavy atom. The van der Waals surface area contributed by atoms with Crippen LogP contribution >= 0.6 is 0 Å². The SMILES string of the molecule is CCOC(=NC)c1cc(C)cc(-n2c3ccccc3c3ccccc32)c1.Cc1ccccc1-c1ccccc1C. The molecule has 0 fully saturated rings. The van der Waals surface area contributed by atoms with Crippen molar-refractivity contribution in [1.82, 2.24) is 4.57 Å². The minimum absolute atomic E-state index is 0.603. The third kappa shape index (κ3) is 5.41. The van der Waals surface area contributed by atoms with E-state index in [1.165, 1.54) is 49.6 Å². The third-order valence-corrected chi connectivity index (χ3v) is 7.21. The minimum Gasteiger partial charge on any atom is -0.478 e. The minimum atomic E-state index is 0.603. The molecule has 1 heterocycles. The van der Waals surface area contributed by atoms with Crippen molar-refractivity contribution in [1.29, 1.82) is 0 Å². The van der Waals surface area contributed by atoms with Crippen molar-refractivity contribution in [2.24, 2.45) is 4.99 Å². The highest BCUT2D eigenvalue weighted by molar-refractivity contribution is 6.09. The van der Waals surface area contributed by atoms with E-state index < -0.39 is 0 Å². The number of fused-ring (bicyclic) bond motifs is 3. The number of hydrogen-bond donors (Lipinski definition) is 0. The van der Waals surface area contributed by atoms with E-state index in [2.05, 4.69) is 146 Å². The topological polar surface area (TPSA) is 26.5 Å². The molecule has 3 nitrogen and oxygen atoms in total. The number of aromatic nitrogens is 1. The van der Waals surface area contributed by atoms with Crippen molar-refractivity contribution in [3.63, 3.8) is 0 Å². The van der Waals surface area contributed by atoms with Crippen LogP contribution in [0.15, 0.2) is 120 Å². The van der Waals surface area contributed by atoms with Gasteiger partial charge in [0.1, 0.15) is 0 Å². The summed E-state index contributed by atoms with van der Waals surface area (Å²) >= 11 is 0. The quantitative estimate of drug-likeness (QED) is 0.167. The summed E-state index contributed by atoms with van der Waals surface area (Å²) in [7, 11) is 1.77. The molecule has 6 aromatic rings. The Labute approximate surface area is 237 Å². The van der Waals surface area contributed by atoms with Crippen molar-refractivity contribution in [3.05, 3.63) is 138 Å². The highest BCUT2D eigenvalue weighted by atomic mass is 16.5. The van der Waals surface area contributed by atoms with E-state index in [0.29, 0.717) is 12.5 Å². The van der Waals surface area contributed by atoms with Crippen LogP contribution in [0.4, 0.5) is 0 Å². The van der Waals surface area contributed by atoms with Crippen molar-refractivity contribution < 1.29 is 4.74 Å². The van der Waals surface area contributed by atoms with Gasteiger partial charge in [0.2, 0.25) is 5.90 Å². The second-order valence-electron chi connectivity index (χ2n) is 10.0. The number of ether oxygens (including phenoxy) is 1. The van der Waals surface area contributed by atoms with Gasteiger partial charge >= 0.3 is 0 Å². The summed E-state index contributed by atoms with van der Waals surface area (Å²) in [5, 5.41) is 2.53. The van der Waals surface area contributed by atoms with Crippen LogP contribution in [-0.4, -0.2) is 24.1 Å². The first kappa shape index (κ1) is 27.0. The van der Waals surface area contributed by atoms with E-state index in [0.717, 1.165) is 11.3 Å². The van der Waals surface area contributed by atoms with Crippen LogP contribution in [-0.2, 0) is 4.74 Å². The maximum Gasteiger partial charge on any atom is 0.215 e. The zero-order valence-corrected chi connectivity index (χ0v) is 24.0. The van der Waals surface area contributed by atoms with Crippen LogP contribution in [0.5, 0.6) is 0 Å². The third-order valence-electron chi connectivity index (χ3n) is 7.21. The van der Waals surface area contributed by atoms with Gasteiger partial charge in [-0.2, -0.15) is 0 Å². The number of aliphatic imine (C=N–C) groups is 1. The molecule has 1 aromatic heterocycles. The molecule has 0 unspecified atom stereocenters. The van der Waals surface area contributed by atoms with Gasteiger partial charge < -0.3 is 9.30 Å². The van der Waals surface area contributed by atoms with Crippen LogP contribution in [0.1, 0.15) is 29.2 Å². The molecule has 5 aromatic carbocycles. The molecule has 0 N–H and O–H groups in total. The van der Waals surface area contributed by atoms with Gasteiger partial charge in [0.15, 0.2) is 0 Å². The number of para-hydroxylation sites is 2. The van der Waals surface area contributed by atoms with Gasteiger partial charge in [-0.05, 0) is 85.8 Å². The molecule has 0 aliphatic carbocycles. The Morgan fingerprint density at radius 1 is 0.650 bits per heavy atom. The van der Waals surface area contributed by atoms with Crippen LogP contribution in [0.3, 0.4) is 0 Å². The molecule has 0 bridgehead atoms. The predicted molar refractivity (Wildman–Crippen MR) is 171 cm³/mol. The predicted octanol–water partition coefficient (Wildman–Crippen LogP) is 9.48. The number of nitrogens with zero attached hydrogens (tertiary/aromatic N) is 2. The molecular weight excluding hydrogens is 488 g/mol. The van der Waals surface area contributed by atoms with E-state index in [1.54, 1.807) is 7.05 Å². The van der Waals surface area contributed by atoms with Crippen molar-refractivity contribution >= 4 is 27.7 Å². The van der Waals surface area contributed by atoms with Crippen LogP contribution in [0.25, 0.3) is 38.6 Å². The van der Waals surface area contributed by atoms with Gasteiger partial charge in [-0.3, -0.25) is 4.99 Å². The Morgan fingerprint density at radius 3 is 1.65 bits per heavy atom. The average Bonchev–Trinajstić information content (AvgIpc) is 3.31. The van der Waals surface area contributed by atoms with Crippen LogP contribution in [0, 0.1) is 20.8 Å². The molecule has 3 heteroatoms. The fourth-order valence-electron chi connectivity index (χ4n) is 5.38. The van der Waals surface area contributed by atoms with E-state index in [9.17, 15) is 0 Å². The van der Waals surface area contributed by atoms with E-state index in [1.807, 2.05) is 6.92 Å². The van der Waals surface area contributed by atoms with Crippen molar-refractivity contribution in [2.45, 2.75) is 27.7 Å². The van der Waals surface area contributed by atoms with Gasteiger partial charge in [0.05, 0.1) is 17.6 Å². The smallest absolute Gasteiger partial charge is 0.215 e. The summed E-state index contributed by atoms with van der Waals surface area (Å²) in [4.78, 5) is 4.32. The van der Waals surface area contributed by atoms with Crippen molar-refractivity contribution in [3.8, 4) is 16.8 Å². The van der Waals surface area contributed by atoms with E-state index in [-0.39, 0.29) is 0 Å². The molecule has 0 atom stereocenters. The molecule has 0 aliphatic rings.